The Kier molecular flexibility index (Phi) is 5.74. The third kappa shape index (κ3) is 3.94. The molecular formula is C21H25N3O3. The molecule has 2 aromatic rings. The normalized spacial score (nSPS) is 14.7. The first-order chi connectivity index (χ1) is 13.0. The second-order valence-corrected chi connectivity index (χ2v) is 6.78. The van der Waals surface area contributed by atoms with Crippen LogP contribution in [0.25, 0.3) is 0 Å². The summed E-state index contributed by atoms with van der Waals surface area (Å²) in [6.07, 6.45) is 3.23. The zero-order chi connectivity index (χ0) is 19.4. The summed E-state index contributed by atoms with van der Waals surface area (Å²) in [5.74, 6) is 0.666. The molecule has 1 aliphatic rings. The number of carbonyl (C=O) groups excluding carboxylic acids is 2. The van der Waals surface area contributed by atoms with Gasteiger partial charge in [-0.15, -0.1) is 0 Å². The molecular weight excluding hydrogens is 342 g/mol. The highest BCUT2D eigenvalue weighted by Gasteiger charge is 2.28. The van der Waals surface area contributed by atoms with Gasteiger partial charge in [0.15, 0.2) is 5.76 Å². The van der Waals surface area contributed by atoms with Crippen molar-refractivity contribution in [3.8, 4) is 0 Å². The molecule has 0 bridgehead atoms. The van der Waals surface area contributed by atoms with Gasteiger partial charge in [-0.2, -0.15) is 5.10 Å². The van der Waals surface area contributed by atoms with E-state index in [0.717, 1.165) is 53.8 Å². The molecule has 0 saturated carbocycles. The number of benzene rings is 1. The van der Waals surface area contributed by atoms with Crippen molar-refractivity contribution in [2.45, 2.75) is 46.5 Å². The van der Waals surface area contributed by atoms with Crippen molar-refractivity contribution >= 4 is 17.5 Å². The number of nitrogens with zero attached hydrogens (tertiary/aromatic N) is 1. The van der Waals surface area contributed by atoms with Crippen LogP contribution >= 0.6 is 0 Å². The highest BCUT2D eigenvalue weighted by atomic mass is 16.4. The summed E-state index contributed by atoms with van der Waals surface area (Å²) < 4.78 is 5.83. The topological polar surface area (TPSA) is 83.7 Å². The Balaban J connectivity index is 1.84. The van der Waals surface area contributed by atoms with Crippen LogP contribution in [0.2, 0.25) is 0 Å². The summed E-state index contributed by atoms with van der Waals surface area (Å²) in [6, 6.07) is 7.39. The van der Waals surface area contributed by atoms with Gasteiger partial charge in [-0.3, -0.25) is 9.59 Å². The van der Waals surface area contributed by atoms with Gasteiger partial charge in [0.25, 0.3) is 11.8 Å². The summed E-state index contributed by atoms with van der Waals surface area (Å²) in [4.78, 5) is 24.8. The van der Waals surface area contributed by atoms with Crippen molar-refractivity contribution in [3.63, 3.8) is 0 Å². The van der Waals surface area contributed by atoms with E-state index in [-0.39, 0.29) is 11.8 Å². The molecule has 0 spiro atoms. The Morgan fingerprint density at radius 2 is 1.93 bits per heavy atom. The molecule has 1 aromatic carbocycles. The van der Waals surface area contributed by atoms with Gasteiger partial charge in [0.05, 0.1) is 5.71 Å². The summed E-state index contributed by atoms with van der Waals surface area (Å²) in [7, 11) is 0. The van der Waals surface area contributed by atoms with Crippen molar-refractivity contribution in [2.24, 2.45) is 5.10 Å². The number of nitrogens with one attached hydrogen (secondary N) is 2. The summed E-state index contributed by atoms with van der Waals surface area (Å²) >= 11 is 0. The van der Waals surface area contributed by atoms with Crippen LogP contribution in [0.4, 0.5) is 0 Å². The van der Waals surface area contributed by atoms with E-state index in [4.69, 9.17) is 4.42 Å². The number of aryl methyl sites for hydroxylation is 2. The number of furan rings is 1. The van der Waals surface area contributed by atoms with Gasteiger partial charge >= 0.3 is 0 Å². The van der Waals surface area contributed by atoms with Crippen molar-refractivity contribution in [2.75, 3.05) is 6.54 Å². The van der Waals surface area contributed by atoms with Crippen molar-refractivity contribution in [1.82, 2.24) is 10.7 Å². The summed E-state index contributed by atoms with van der Waals surface area (Å²) in [6.45, 7) is 6.37. The lowest BCUT2D eigenvalue weighted by atomic mass is 9.93. The molecule has 0 radical (unpaired) electrons. The molecule has 6 heteroatoms. The maximum Gasteiger partial charge on any atom is 0.287 e. The Labute approximate surface area is 159 Å². The van der Waals surface area contributed by atoms with E-state index in [1.54, 1.807) is 6.07 Å². The van der Waals surface area contributed by atoms with Crippen LogP contribution in [-0.4, -0.2) is 24.1 Å². The molecule has 27 heavy (non-hydrogen) atoms. The van der Waals surface area contributed by atoms with Gasteiger partial charge in [0.1, 0.15) is 5.76 Å². The molecule has 2 N–H and O–H groups in total. The zero-order valence-corrected chi connectivity index (χ0v) is 16.0. The Bertz CT molecular complexity index is 896. The van der Waals surface area contributed by atoms with Gasteiger partial charge in [-0.25, -0.2) is 5.43 Å². The lowest BCUT2D eigenvalue weighted by molar-refractivity contribution is 0.0921. The largest absolute Gasteiger partial charge is 0.455 e. The fourth-order valence-electron chi connectivity index (χ4n) is 3.32. The average Bonchev–Trinajstić information content (AvgIpc) is 3.02. The number of fused-ring (bicyclic) bond motifs is 1. The third-order valence-electron chi connectivity index (χ3n) is 4.75. The van der Waals surface area contributed by atoms with Crippen molar-refractivity contribution in [3.05, 3.63) is 58.0 Å². The molecule has 0 atom stereocenters. The lowest BCUT2D eigenvalue weighted by Crippen LogP contribution is -2.24. The molecule has 1 aliphatic carbocycles. The molecule has 0 saturated heterocycles. The number of rotatable bonds is 5. The minimum atomic E-state index is -0.241. The van der Waals surface area contributed by atoms with Gasteiger partial charge in [-0.1, -0.05) is 25.1 Å². The van der Waals surface area contributed by atoms with Crippen LogP contribution in [0.15, 0.2) is 33.8 Å². The third-order valence-corrected chi connectivity index (χ3v) is 4.75. The monoisotopic (exact) mass is 367 g/mol. The standard InChI is InChI=1S/C21H25N3O3/c1-4-12-22-21(26)19-14(3)18-16(10-7-11-17(18)27-19)23-24-20(25)15-9-6-5-8-13(15)2/h5-6,8-9H,4,7,10-12H2,1-3H3,(H,22,26)(H,24,25)/b23-16+. The second kappa shape index (κ2) is 8.20. The maximum absolute atomic E-state index is 12.4. The number of amides is 2. The second-order valence-electron chi connectivity index (χ2n) is 6.78. The van der Waals surface area contributed by atoms with E-state index in [9.17, 15) is 9.59 Å². The average molecular weight is 367 g/mol. The van der Waals surface area contributed by atoms with Crippen LogP contribution in [0, 0.1) is 13.8 Å². The molecule has 6 nitrogen and oxygen atoms in total. The molecule has 0 aliphatic heterocycles. The quantitative estimate of drug-likeness (QED) is 0.793. The van der Waals surface area contributed by atoms with Gasteiger partial charge in [-0.05, 0) is 44.7 Å². The minimum Gasteiger partial charge on any atom is -0.455 e. The number of hydrogen-bond acceptors (Lipinski definition) is 4. The van der Waals surface area contributed by atoms with Crippen LogP contribution in [-0.2, 0) is 6.42 Å². The predicted molar refractivity (Wildman–Crippen MR) is 104 cm³/mol. The fraction of sp³-hybridized carbons (Fsp3) is 0.381. The first kappa shape index (κ1) is 18.9. The first-order valence-electron chi connectivity index (χ1n) is 9.36. The van der Waals surface area contributed by atoms with Crippen molar-refractivity contribution < 1.29 is 14.0 Å². The lowest BCUT2D eigenvalue weighted by Gasteiger charge is -2.13. The van der Waals surface area contributed by atoms with E-state index in [2.05, 4.69) is 15.8 Å². The fourth-order valence-corrected chi connectivity index (χ4v) is 3.32. The van der Waals surface area contributed by atoms with Crippen LogP contribution in [0.1, 0.15) is 69.5 Å². The highest BCUT2D eigenvalue weighted by molar-refractivity contribution is 6.07. The van der Waals surface area contributed by atoms with Crippen LogP contribution < -0.4 is 10.7 Å². The summed E-state index contributed by atoms with van der Waals surface area (Å²) in [5, 5.41) is 7.21. The van der Waals surface area contributed by atoms with Gasteiger partial charge in [0.2, 0.25) is 0 Å². The molecule has 3 rings (SSSR count). The predicted octanol–water partition coefficient (Wildman–Crippen LogP) is 3.51. The van der Waals surface area contributed by atoms with Crippen LogP contribution in [0.3, 0.4) is 0 Å². The van der Waals surface area contributed by atoms with E-state index < -0.39 is 0 Å². The molecule has 142 valence electrons. The van der Waals surface area contributed by atoms with Gasteiger partial charge < -0.3 is 9.73 Å². The smallest absolute Gasteiger partial charge is 0.287 e. The van der Waals surface area contributed by atoms with Gasteiger partial charge in [0, 0.05) is 29.7 Å². The maximum atomic E-state index is 12.4. The Hall–Kier alpha value is -2.89. The first-order valence-corrected chi connectivity index (χ1v) is 9.36. The number of hydrazone groups is 1. The molecule has 1 heterocycles. The molecule has 0 fully saturated rings. The number of carbonyl (C=O) groups is 2. The molecule has 2 amide bonds. The SMILES string of the molecule is CCCNC(=O)c1oc2c(c1C)/C(=N/NC(=O)c1ccccc1C)CCC2. The van der Waals surface area contributed by atoms with E-state index >= 15 is 0 Å². The van der Waals surface area contributed by atoms with E-state index in [1.165, 1.54) is 0 Å². The van der Waals surface area contributed by atoms with Crippen LogP contribution in [0.5, 0.6) is 0 Å². The molecule has 1 aromatic heterocycles. The zero-order valence-electron chi connectivity index (χ0n) is 16.0. The Morgan fingerprint density at radius 1 is 1.15 bits per heavy atom. The minimum absolute atomic E-state index is 0.202. The summed E-state index contributed by atoms with van der Waals surface area (Å²) in [5.41, 5.74) is 6.55. The number of hydrogen-bond donors (Lipinski definition) is 2. The Morgan fingerprint density at radius 3 is 2.67 bits per heavy atom. The van der Waals surface area contributed by atoms with E-state index in [1.807, 2.05) is 39.0 Å². The highest BCUT2D eigenvalue weighted by Crippen LogP contribution is 2.29. The van der Waals surface area contributed by atoms with Crippen molar-refractivity contribution in [1.29, 1.82) is 0 Å². The molecule has 0 unspecified atom stereocenters. The van der Waals surface area contributed by atoms with E-state index in [0.29, 0.717) is 17.9 Å².